The van der Waals surface area contributed by atoms with Crippen LogP contribution < -0.4 is 10.6 Å². The molecule has 0 aromatic rings. The van der Waals surface area contributed by atoms with E-state index in [1.165, 1.54) is 12.8 Å². The van der Waals surface area contributed by atoms with E-state index in [1.807, 2.05) is 0 Å². The molecule has 2 N–H and O–H groups in total. The van der Waals surface area contributed by atoms with E-state index in [-0.39, 0.29) is 0 Å². The summed E-state index contributed by atoms with van der Waals surface area (Å²) in [5, 5.41) is 6.98. The van der Waals surface area contributed by atoms with Crippen LogP contribution >= 0.6 is 0 Å². The molecule has 86 valence electrons. The van der Waals surface area contributed by atoms with Crippen LogP contribution in [0.2, 0.25) is 0 Å². The van der Waals surface area contributed by atoms with Gasteiger partial charge < -0.3 is 10.6 Å². The molecular weight excluding hydrogens is 172 g/mol. The van der Waals surface area contributed by atoms with Crippen LogP contribution in [-0.2, 0) is 0 Å². The zero-order chi connectivity index (χ0) is 11.0. The molecule has 0 rings (SSSR count). The van der Waals surface area contributed by atoms with Crippen LogP contribution in [0.1, 0.15) is 47.5 Å². The van der Waals surface area contributed by atoms with Crippen molar-refractivity contribution in [3.63, 3.8) is 0 Å². The first-order valence-electron chi connectivity index (χ1n) is 6.03. The van der Waals surface area contributed by atoms with E-state index in [0.717, 1.165) is 19.0 Å². The molecule has 2 heteroatoms. The fourth-order valence-electron chi connectivity index (χ4n) is 1.26. The fourth-order valence-corrected chi connectivity index (χ4v) is 1.26. The second kappa shape index (κ2) is 8.25. The van der Waals surface area contributed by atoms with Gasteiger partial charge in [-0.1, -0.05) is 34.1 Å². The molecule has 0 amide bonds. The maximum absolute atomic E-state index is 3.54. The van der Waals surface area contributed by atoms with Crippen molar-refractivity contribution in [2.24, 2.45) is 5.92 Å². The molecule has 0 bridgehead atoms. The zero-order valence-corrected chi connectivity index (χ0v) is 10.6. The van der Waals surface area contributed by atoms with Crippen molar-refractivity contribution in [3.05, 3.63) is 0 Å². The van der Waals surface area contributed by atoms with Crippen LogP contribution in [0.15, 0.2) is 0 Å². The lowest BCUT2D eigenvalue weighted by Crippen LogP contribution is -2.39. The SMILES string of the molecule is CCC(C)CCNC(C)CNC(C)C. The highest BCUT2D eigenvalue weighted by atomic mass is 15.0. The molecule has 0 saturated carbocycles. The third kappa shape index (κ3) is 8.52. The van der Waals surface area contributed by atoms with Gasteiger partial charge in [-0.2, -0.15) is 0 Å². The second-order valence-electron chi connectivity index (χ2n) is 4.72. The number of nitrogens with one attached hydrogen (secondary N) is 2. The third-order valence-electron chi connectivity index (χ3n) is 2.66. The quantitative estimate of drug-likeness (QED) is 0.629. The predicted molar refractivity (Wildman–Crippen MR) is 64.7 cm³/mol. The van der Waals surface area contributed by atoms with E-state index in [2.05, 4.69) is 45.3 Å². The minimum absolute atomic E-state index is 0.585. The van der Waals surface area contributed by atoms with Crippen molar-refractivity contribution < 1.29 is 0 Å². The van der Waals surface area contributed by atoms with Crippen molar-refractivity contribution >= 4 is 0 Å². The molecule has 0 aliphatic rings. The van der Waals surface area contributed by atoms with E-state index in [9.17, 15) is 0 Å². The highest BCUT2D eigenvalue weighted by Crippen LogP contribution is 2.04. The molecular formula is C12H28N2. The predicted octanol–water partition coefficient (Wildman–Crippen LogP) is 2.40. The van der Waals surface area contributed by atoms with Crippen LogP contribution in [0.25, 0.3) is 0 Å². The van der Waals surface area contributed by atoms with E-state index in [4.69, 9.17) is 0 Å². The van der Waals surface area contributed by atoms with Gasteiger partial charge in [0.05, 0.1) is 0 Å². The smallest absolute Gasteiger partial charge is 0.0164 e. The summed E-state index contributed by atoms with van der Waals surface area (Å²) in [5.74, 6) is 0.854. The van der Waals surface area contributed by atoms with Gasteiger partial charge in [0, 0.05) is 18.6 Å². The van der Waals surface area contributed by atoms with Crippen LogP contribution in [0.3, 0.4) is 0 Å². The van der Waals surface area contributed by atoms with E-state index >= 15 is 0 Å². The Hall–Kier alpha value is -0.0800. The van der Waals surface area contributed by atoms with Gasteiger partial charge in [0.25, 0.3) is 0 Å². The summed E-state index contributed by atoms with van der Waals surface area (Å²) in [6.45, 7) is 13.4. The Kier molecular flexibility index (Phi) is 8.20. The van der Waals surface area contributed by atoms with Gasteiger partial charge in [0.2, 0.25) is 0 Å². The molecule has 0 spiro atoms. The van der Waals surface area contributed by atoms with Crippen molar-refractivity contribution in [2.75, 3.05) is 13.1 Å². The molecule has 2 atom stereocenters. The van der Waals surface area contributed by atoms with Gasteiger partial charge in [0.15, 0.2) is 0 Å². The summed E-state index contributed by atoms with van der Waals surface area (Å²) < 4.78 is 0. The topological polar surface area (TPSA) is 24.1 Å². The largest absolute Gasteiger partial charge is 0.313 e. The Morgan fingerprint density at radius 2 is 1.64 bits per heavy atom. The van der Waals surface area contributed by atoms with Gasteiger partial charge in [0.1, 0.15) is 0 Å². The first-order chi connectivity index (χ1) is 6.56. The maximum Gasteiger partial charge on any atom is 0.0164 e. The van der Waals surface area contributed by atoms with Gasteiger partial charge >= 0.3 is 0 Å². The molecule has 2 unspecified atom stereocenters. The standard InChI is InChI=1S/C12H28N2/c1-6-11(4)7-8-13-12(5)9-14-10(2)3/h10-14H,6-9H2,1-5H3. The van der Waals surface area contributed by atoms with Crippen LogP contribution in [-0.4, -0.2) is 25.2 Å². The van der Waals surface area contributed by atoms with Crippen LogP contribution in [0.4, 0.5) is 0 Å². The van der Waals surface area contributed by atoms with E-state index in [1.54, 1.807) is 0 Å². The number of hydrogen-bond donors (Lipinski definition) is 2. The molecule has 0 fully saturated rings. The summed E-state index contributed by atoms with van der Waals surface area (Å²) in [6, 6.07) is 1.18. The van der Waals surface area contributed by atoms with Gasteiger partial charge in [-0.3, -0.25) is 0 Å². The first kappa shape index (κ1) is 13.9. The van der Waals surface area contributed by atoms with Crippen molar-refractivity contribution in [3.8, 4) is 0 Å². The van der Waals surface area contributed by atoms with Gasteiger partial charge in [-0.25, -0.2) is 0 Å². The minimum Gasteiger partial charge on any atom is -0.313 e. The molecule has 0 aliphatic heterocycles. The average molecular weight is 200 g/mol. The lowest BCUT2D eigenvalue weighted by atomic mass is 10.1. The summed E-state index contributed by atoms with van der Waals surface area (Å²) in [7, 11) is 0. The summed E-state index contributed by atoms with van der Waals surface area (Å²) in [6.07, 6.45) is 2.59. The summed E-state index contributed by atoms with van der Waals surface area (Å²) in [4.78, 5) is 0. The number of rotatable bonds is 8. The van der Waals surface area contributed by atoms with Gasteiger partial charge in [-0.05, 0) is 25.8 Å². The number of hydrogen-bond acceptors (Lipinski definition) is 2. The average Bonchev–Trinajstić information content (AvgIpc) is 2.14. The Bertz CT molecular complexity index is 123. The molecule has 0 aliphatic carbocycles. The first-order valence-corrected chi connectivity index (χ1v) is 6.03. The molecule has 0 heterocycles. The van der Waals surface area contributed by atoms with E-state index in [0.29, 0.717) is 12.1 Å². The Balaban J connectivity index is 3.30. The monoisotopic (exact) mass is 200 g/mol. The Morgan fingerprint density at radius 1 is 1.00 bits per heavy atom. The summed E-state index contributed by atoms with van der Waals surface area (Å²) in [5.41, 5.74) is 0. The van der Waals surface area contributed by atoms with E-state index < -0.39 is 0 Å². The Morgan fingerprint density at radius 3 is 2.14 bits per heavy atom. The summed E-state index contributed by atoms with van der Waals surface area (Å²) >= 11 is 0. The molecule has 0 saturated heterocycles. The third-order valence-corrected chi connectivity index (χ3v) is 2.66. The molecule has 0 aromatic carbocycles. The van der Waals surface area contributed by atoms with Crippen molar-refractivity contribution in [1.82, 2.24) is 10.6 Å². The lowest BCUT2D eigenvalue weighted by molar-refractivity contribution is 0.433. The normalized spacial score (nSPS) is 15.9. The molecule has 0 aromatic heterocycles. The van der Waals surface area contributed by atoms with Crippen molar-refractivity contribution in [1.29, 1.82) is 0 Å². The highest BCUT2D eigenvalue weighted by molar-refractivity contribution is 4.66. The molecule has 2 nitrogen and oxygen atoms in total. The Labute approximate surface area is 89.9 Å². The maximum atomic E-state index is 3.54. The molecule has 14 heavy (non-hydrogen) atoms. The van der Waals surface area contributed by atoms with Crippen LogP contribution in [0.5, 0.6) is 0 Å². The fraction of sp³-hybridized carbons (Fsp3) is 1.00. The second-order valence-corrected chi connectivity index (χ2v) is 4.72. The minimum atomic E-state index is 0.585. The van der Waals surface area contributed by atoms with Gasteiger partial charge in [-0.15, -0.1) is 0 Å². The zero-order valence-electron chi connectivity index (χ0n) is 10.6. The van der Waals surface area contributed by atoms with Crippen molar-refractivity contribution in [2.45, 2.75) is 59.5 Å². The molecule has 0 radical (unpaired) electrons. The van der Waals surface area contributed by atoms with Crippen LogP contribution in [0, 0.1) is 5.92 Å². The lowest BCUT2D eigenvalue weighted by Gasteiger charge is -2.17. The highest BCUT2D eigenvalue weighted by Gasteiger charge is 2.03.